The fraction of sp³-hybridized carbons (Fsp3) is 0.0455. The van der Waals surface area contributed by atoms with Gasteiger partial charge in [0.1, 0.15) is 5.69 Å². The first-order chi connectivity index (χ1) is 14.1. The number of aromatic amines is 2. The minimum atomic E-state index is -0.529. The van der Waals surface area contributed by atoms with Crippen LogP contribution in [0.25, 0.3) is 33.1 Å². The Labute approximate surface area is 164 Å². The van der Waals surface area contributed by atoms with Gasteiger partial charge in [-0.05, 0) is 18.6 Å². The summed E-state index contributed by atoms with van der Waals surface area (Å²) in [7, 11) is 0. The zero-order valence-electron chi connectivity index (χ0n) is 15.4. The van der Waals surface area contributed by atoms with Crippen LogP contribution in [-0.4, -0.2) is 20.9 Å². The summed E-state index contributed by atoms with van der Waals surface area (Å²) in [4.78, 5) is 36.0. The van der Waals surface area contributed by atoms with Crippen molar-refractivity contribution in [1.29, 1.82) is 0 Å². The predicted molar refractivity (Wildman–Crippen MR) is 111 cm³/mol. The van der Waals surface area contributed by atoms with E-state index >= 15 is 0 Å². The van der Waals surface area contributed by atoms with Gasteiger partial charge >= 0.3 is 0 Å². The number of nitrogens with one attached hydrogen (secondary N) is 3. The molecule has 0 bridgehead atoms. The number of anilines is 1. The normalized spacial score (nSPS) is 11.2. The Bertz CT molecular complexity index is 1430. The molecule has 0 unspecified atom stereocenters. The fourth-order valence-corrected chi connectivity index (χ4v) is 3.58. The predicted octanol–water partition coefficient (Wildman–Crippen LogP) is 4.23. The molecule has 5 aromatic rings. The second kappa shape index (κ2) is 6.49. The van der Waals surface area contributed by atoms with E-state index in [1.165, 1.54) is 6.39 Å². The van der Waals surface area contributed by atoms with Crippen molar-refractivity contribution < 1.29 is 9.21 Å². The summed E-state index contributed by atoms with van der Waals surface area (Å²) < 4.78 is 5.18. The molecule has 0 aliphatic heterocycles. The number of benzene rings is 2. The Morgan fingerprint density at radius 1 is 1.00 bits per heavy atom. The number of carbonyl (C=O) groups excluding carboxylic acids is 1. The van der Waals surface area contributed by atoms with E-state index in [4.69, 9.17) is 4.42 Å². The number of hydrogen-bond acceptors (Lipinski definition) is 4. The van der Waals surface area contributed by atoms with Gasteiger partial charge in [0, 0.05) is 16.5 Å². The third kappa shape index (κ3) is 2.71. The molecule has 7 heteroatoms. The largest absolute Gasteiger partial charge is 0.438 e. The number of amides is 1. The zero-order valence-corrected chi connectivity index (χ0v) is 15.4. The van der Waals surface area contributed by atoms with E-state index in [1.54, 1.807) is 6.92 Å². The highest BCUT2D eigenvalue weighted by atomic mass is 16.3. The van der Waals surface area contributed by atoms with Crippen molar-refractivity contribution in [3.05, 3.63) is 82.8 Å². The number of aromatic nitrogens is 3. The summed E-state index contributed by atoms with van der Waals surface area (Å²) in [5.74, 6) is -0.460. The second-order valence-corrected chi connectivity index (χ2v) is 6.71. The van der Waals surface area contributed by atoms with Crippen LogP contribution >= 0.6 is 0 Å². The van der Waals surface area contributed by atoms with Crippen molar-refractivity contribution in [3.8, 4) is 11.1 Å². The van der Waals surface area contributed by atoms with Gasteiger partial charge in [0.2, 0.25) is 5.76 Å². The van der Waals surface area contributed by atoms with E-state index < -0.39 is 11.5 Å². The van der Waals surface area contributed by atoms with E-state index in [1.807, 2.05) is 54.6 Å². The minimum Gasteiger partial charge on any atom is -0.438 e. The second-order valence-electron chi connectivity index (χ2n) is 6.71. The standard InChI is InChI=1S/C22H16N4O3/c1-12-20(29-11-23-12)22(28)26-19-16(13-7-3-2-4-8-13)18-17(25-21(19)27)14-9-5-6-10-15(14)24-18/h2-11,24H,1H3,(H,25,27)(H,26,28). The van der Waals surface area contributed by atoms with Crippen molar-refractivity contribution in [1.82, 2.24) is 15.0 Å². The maximum Gasteiger partial charge on any atom is 0.293 e. The number of hydrogen-bond donors (Lipinski definition) is 3. The van der Waals surface area contributed by atoms with Crippen molar-refractivity contribution in [2.75, 3.05) is 5.32 Å². The highest BCUT2D eigenvalue weighted by molar-refractivity contribution is 6.14. The molecule has 3 heterocycles. The van der Waals surface area contributed by atoms with Crippen LogP contribution in [0.1, 0.15) is 16.2 Å². The molecule has 0 saturated heterocycles. The van der Waals surface area contributed by atoms with Crippen LogP contribution in [0.3, 0.4) is 0 Å². The van der Waals surface area contributed by atoms with Gasteiger partial charge in [-0.3, -0.25) is 9.59 Å². The molecule has 0 spiro atoms. The molecule has 1 amide bonds. The molecule has 3 N–H and O–H groups in total. The first-order valence-corrected chi connectivity index (χ1v) is 9.07. The first kappa shape index (κ1) is 17.0. The van der Waals surface area contributed by atoms with Crippen LogP contribution in [0, 0.1) is 6.92 Å². The van der Waals surface area contributed by atoms with Gasteiger partial charge in [0.25, 0.3) is 11.5 Å². The third-order valence-electron chi connectivity index (χ3n) is 4.92. The van der Waals surface area contributed by atoms with E-state index in [9.17, 15) is 9.59 Å². The summed E-state index contributed by atoms with van der Waals surface area (Å²) in [6, 6.07) is 17.2. The average Bonchev–Trinajstić information content (AvgIpc) is 3.32. The Morgan fingerprint density at radius 2 is 1.76 bits per heavy atom. The molecule has 0 radical (unpaired) electrons. The maximum atomic E-state index is 13.0. The minimum absolute atomic E-state index is 0.0696. The zero-order chi connectivity index (χ0) is 20.0. The highest BCUT2D eigenvalue weighted by Crippen LogP contribution is 2.35. The maximum absolute atomic E-state index is 13.0. The highest BCUT2D eigenvalue weighted by Gasteiger charge is 2.22. The van der Waals surface area contributed by atoms with Gasteiger partial charge in [-0.15, -0.1) is 0 Å². The van der Waals surface area contributed by atoms with Gasteiger partial charge in [0.15, 0.2) is 6.39 Å². The number of carbonyl (C=O) groups is 1. The van der Waals surface area contributed by atoms with Crippen LogP contribution in [0.2, 0.25) is 0 Å². The van der Waals surface area contributed by atoms with Crippen molar-refractivity contribution in [3.63, 3.8) is 0 Å². The van der Waals surface area contributed by atoms with E-state index in [0.29, 0.717) is 16.8 Å². The molecule has 5 rings (SSSR count). The van der Waals surface area contributed by atoms with Crippen molar-refractivity contribution in [2.45, 2.75) is 6.92 Å². The summed E-state index contributed by atoms with van der Waals surface area (Å²) >= 11 is 0. The monoisotopic (exact) mass is 384 g/mol. The molecule has 7 nitrogen and oxygen atoms in total. The van der Waals surface area contributed by atoms with Crippen LogP contribution in [0.15, 0.2) is 70.2 Å². The number of rotatable bonds is 3. The molecule has 0 saturated carbocycles. The summed E-state index contributed by atoms with van der Waals surface area (Å²) in [6.07, 6.45) is 1.20. The molecule has 3 aromatic heterocycles. The smallest absolute Gasteiger partial charge is 0.293 e. The van der Waals surface area contributed by atoms with E-state index in [-0.39, 0.29) is 11.4 Å². The van der Waals surface area contributed by atoms with Crippen LogP contribution in [0.4, 0.5) is 5.69 Å². The van der Waals surface area contributed by atoms with Crippen molar-refractivity contribution >= 4 is 33.5 Å². The molecule has 142 valence electrons. The first-order valence-electron chi connectivity index (χ1n) is 9.07. The topological polar surface area (TPSA) is 104 Å². The average molecular weight is 384 g/mol. The molecular formula is C22H16N4O3. The Balaban J connectivity index is 1.80. The quantitative estimate of drug-likeness (QED) is 0.433. The number of para-hydroxylation sites is 1. The number of fused-ring (bicyclic) bond motifs is 3. The summed E-state index contributed by atoms with van der Waals surface area (Å²) in [5.41, 5.74) is 3.95. The molecular weight excluding hydrogens is 368 g/mol. The van der Waals surface area contributed by atoms with Gasteiger partial charge in [-0.2, -0.15) is 0 Å². The van der Waals surface area contributed by atoms with Crippen LogP contribution in [0.5, 0.6) is 0 Å². The van der Waals surface area contributed by atoms with Gasteiger partial charge in [-0.1, -0.05) is 48.5 Å². The number of pyridine rings is 1. The number of aryl methyl sites for hydroxylation is 1. The molecule has 29 heavy (non-hydrogen) atoms. The van der Waals surface area contributed by atoms with Gasteiger partial charge < -0.3 is 19.7 Å². The fourth-order valence-electron chi connectivity index (χ4n) is 3.58. The third-order valence-corrected chi connectivity index (χ3v) is 4.92. The van der Waals surface area contributed by atoms with E-state index in [2.05, 4.69) is 20.3 Å². The van der Waals surface area contributed by atoms with Crippen molar-refractivity contribution in [2.24, 2.45) is 0 Å². The lowest BCUT2D eigenvalue weighted by Crippen LogP contribution is -2.21. The lowest BCUT2D eigenvalue weighted by Gasteiger charge is -2.11. The number of nitrogens with zero attached hydrogens (tertiary/aromatic N) is 1. The summed E-state index contributed by atoms with van der Waals surface area (Å²) in [5, 5.41) is 3.62. The Hall–Kier alpha value is -4.13. The Morgan fingerprint density at radius 3 is 2.52 bits per heavy atom. The number of oxazole rings is 1. The summed E-state index contributed by atoms with van der Waals surface area (Å²) in [6.45, 7) is 1.67. The molecule has 0 fully saturated rings. The van der Waals surface area contributed by atoms with Crippen LogP contribution in [-0.2, 0) is 0 Å². The SMILES string of the molecule is Cc1ncoc1C(=O)Nc1c(-c2ccccc2)c2[nH]c3ccccc3c2[nH]c1=O. The van der Waals surface area contributed by atoms with Gasteiger partial charge in [-0.25, -0.2) is 4.98 Å². The molecule has 0 aliphatic rings. The molecule has 0 aliphatic carbocycles. The lowest BCUT2D eigenvalue weighted by atomic mass is 10.0. The van der Waals surface area contributed by atoms with E-state index in [0.717, 1.165) is 22.0 Å². The number of H-pyrrole nitrogens is 2. The van der Waals surface area contributed by atoms with Crippen LogP contribution < -0.4 is 10.9 Å². The lowest BCUT2D eigenvalue weighted by molar-refractivity contribution is 0.0995. The molecule has 2 aromatic carbocycles. The molecule has 0 atom stereocenters. The Kier molecular flexibility index (Phi) is 3.80. The van der Waals surface area contributed by atoms with Gasteiger partial charge in [0.05, 0.1) is 16.7 Å².